The summed E-state index contributed by atoms with van der Waals surface area (Å²) in [5.41, 5.74) is 1.49. The second-order valence-electron chi connectivity index (χ2n) is 8.10. The van der Waals surface area contributed by atoms with Gasteiger partial charge in [-0.05, 0) is 23.1 Å². The van der Waals surface area contributed by atoms with Crippen LogP contribution in [0.5, 0.6) is 11.5 Å². The molecule has 0 bridgehead atoms. The van der Waals surface area contributed by atoms with E-state index in [0.29, 0.717) is 22.6 Å². The van der Waals surface area contributed by atoms with Gasteiger partial charge in [-0.25, -0.2) is 0 Å². The number of rotatable bonds is 5. The van der Waals surface area contributed by atoms with E-state index >= 15 is 0 Å². The first-order valence-electron chi connectivity index (χ1n) is 11.0. The summed E-state index contributed by atoms with van der Waals surface area (Å²) in [6.07, 6.45) is 0. The fraction of sp³-hybridized carbons (Fsp3) is 0.0714. The zero-order valence-corrected chi connectivity index (χ0v) is 19.1. The van der Waals surface area contributed by atoms with Gasteiger partial charge in [0.25, 0.3) is 11.6 Å². The smallest absolute Gasteiger partial charge is 0.269 e. The fourth-order valence-electron chi connectivity index (χ4n) is 4.42. The number of hydrogen-bond donors (Lipinski definition) is 1. The minimum Gasteiger partial charge on any atom is -0.496 e. The molecule has 1 atom stereocenters. The molecule has 0 spiro atoms. The second kappa shape index (κ2) is 9.24. The van der Waals surface area contributed by atoms with Crippen molar-refractivity contribution in [3.8, 4) is 17.6 Å². The summed E-state index contributed by atoms with van der Waals surface area (Å²) in [7, 11) is 1.46. The maximum atomic E-state index is 13.2. The number of nitriles is 1. The molecule has 5 rings (SSSR count). The van der Waals surface area contributed by atoms with Gasteiger partial charge in [0.15, 0.2) is 0 Å². The fourth-order valence-corrected chi connectivity index (χ4v) is 4.42. The Morgan fingerprint density at radius 1 is 1.06 bits per heavy atom. The molecule has 0 aliphatic carbocycles. The number of amides is 1. The molecule has 0 radical (unpaired) electrons. The molecule has 4 aromatic rings. The van der Waals surface area contributed by atoms with Crippen molar-refractivity contribution in [2.45, 2.75) is 5.92 Å². The average Bonchev–Trinajstić information content (AvgIpc) is 2.92. The SMILES string of the molecule is COc1ccccc1C(=O)NC1=C(C#N)C(c2cccc([N+](=O)[O-])c2)c2ccc3ccccc3c2O1. The van der Waals surface area contributed by atoms with Gasteiger partial charge in [-0.1, -0.05) is 60.7 Å². The van der Waals surface area contributed by atoms with E-state index in [4.69, 9.17) is 9.47 Å². The molecule has 4 aromatic carbocycles. The standard InChI is InChI=1S/C28H19N3O5/c1-35-24-12-5-4-11-21(24)27(32)30-28-23(16-29)25(18-8-6-9-19(15-18)31(33)34)22-14-13-17-7-2-3-10-20(17)26(22)36-28/h2-15,25H,1H3,(H,30,32). The lowest BCUT2D eigenvalue weighted by molar-refractivity contribution is -0.384. The van der Waals surface area contributed by atoms with Crippen LogP contribution in [0.1, 0.15) is 27.4 Å². The third-order valence-corrected chi connectivity index (χ3v) is 6.07. The number of carbonyl (C=O) groups excluding carboxylic acids is 1. The van der Waals surface area contributed by atoms with Crippen molar-refractivity contribution < 1.29 is 19.2 Å². The number of carbonyl (C=O) groups is 1. The van der Waals surface area contributed by atoms with Gasteiger partial charge in [-0.15, -0.1) is 0 Å². The Hall–Kier alpha value is -5.16. The minimum atomic E-state index is -0.698. The van der Waals surface area contributed by atoms with Crippen LogP contribution >= 0.6 is 0 Å². The molecule has 36 heavy (non-hydrogen) atoms. The van der Waals surface area contributed by atoms with Crippen molar-refractivity contribution in [2.75, 3.05) is 7.11 Å². The van der Waals surface area contributed by atoms with Crippen LogP contribution in [0, 0.1) is 21.4 Å². The summed E-state index contributed by atoms with van der Waals surface area (Å²) in [5, 5.41) is 26.1. The van der Waals surface area contributed by atoms with Crippen LogP contribution in [0.15, 0.2) is 96.4 Å². The number of hydrogen-bond acceptors (Lipinski definition) is 6. The predicted octanol–water partition coefficient (Wildman–Crippen LogP) is 5.45. The lowest BCUT2D eigenvalue weighted by Crippen LogP contribution is -2.31. The van der Waals surface area contributed by atoms with E-state index in [1.165, 1.54) is 19.2 Å². The molecule has 1 aliphatic heterocycles. The Balaban J connectivity index is 1.70. The lowest BCUT2D eigenvalue weighted by Gasteiger charge is -2.29. The van der Waals surface area contributed by atoms with Crippen LogP contribution in [-0.4, -0.2) is 17.9 Å². The zero-order valence-electron chi connectivity index (χ0n) is 19.1. The van der Waals surface area contributed by atoms with Crippen molar-refractivity contribution in [1.82, 2.24) is 5.32 Å². The molecule has 1 heterocycles. The number of non-ortho nitro benzene ring substituents is 1. The second-order valence-corrected chi connectivity index (χ2v) is 8.10. The molecule has 1 aliphatic rings. The van der Waals surface area contributed by atoms with Gasteiger partial charge in [0, 0.05) is 23.1 Å². The Bertz CT molecular complexity index is 1600. The van der Waals surface area contributed by atoms with E-state index in [9.17, 15) is 20.2 Å². The number of nitro benzene ring substituents is 1. The Kier molecular flexibility index (Phi) is 5.80. The molecule has 0 saturated carbocycles. The maximum Gasteiger partial charge on any atom is 0.269 e. The number of para-hydroxylation sites is 1. The van der Waals surface area contributed by atoms with Crippen molar-refractivity contribution >= 4 is 22.4 Å². The van der Waals surface area contributed by atoms with E-state index < -0.39 is 16.7 Å². The van der Waals surface area contributed by atoms with E-state index in [-0.39, 0.29) is 22.7 Å². The van der Waals surface area contributed by atoms with E-state index in [1.807, 2.05) is 36.4 Å². The summed E-state index contributed by atoms with van der Waals surface area (Å²) in [5.74, 6) is -0.411. The average molecular weight is 477 g/mol. The van der Waals surface area contributed by atoms with Crippen LogP contribution in [-0.2, 0) is 0 Å². The van der Waals surface area contributed by atoms with E-state index in [0.717, 1.165) is 10.8 Å². The van der Waals surface area contributed by atoms with Gasteiger partial charge < -0.3 is 9.47 Å². The first-order chi connectivity index (χ1) is 17.5. The quantitative estimate of drug-likeness (QED) is 0.302. The first-order valence-corrected chi connectivity index (χ1v) is 11.0. The molecule has 0 aromatic heterocycles. The highest BCUT2D eigenvalue weighted by molar-refractivity contribution is 5.98. The van der Waals surface area contributed by atoms with E-state index in [1.54, 1.807) is 36.4 Å². The topological polar surface area (TPSA) is 114 Å². The van der Waals surface area contributed by atoms with Crippen LogP contribution in [0.25, 0.3) is 10.8 Å². The van der Waals surface area contributed by atoms with Gasteiger partial charge in [-0.2, -0.15) is 5.26 Å². The van der Waals surface area contributed by atoms with Crippen molar-refractivity contribution in [3.63, 3.8) is 0 Å². The largest absolute Gasteiger partial charge is 0.496 e. The van der Waals surface area contributed by atoms with Crippen molar-refractivity contribution in [3.05, 3.63) is 123 Å². The lowest BCUT2D eigenvalue weighted by atomic mass is 9.82. The first kappa shape index (κ1) is 22.6. The number of allylic oxidation sites excluding steroid dienone is 1. The Morgan fingerprint density at radius 3 is 2.61 bits per heavy atom. The van der Waals surface area contributed by atoms with Gasteiger partial charge in [-0.3, -0.25) is 20.2 Å². The van der Waals surface area contributed by atoms with Crippen LogP contribution in [0.2, 0.25) is 0 Å². The summed E-state index contributed by atoms with van der Waals surface area (Å²) in [4.78, 5) is 24.2. The summed E-state index contributed by atoms with van der Waals surface area (Å²) in [6.45, 7) is 0. The molecule has 1 N–H and O–H groups in total. The highest BCUT2D eigenvalue weighted by atomic mass is 16.6. The summed E-state index contributed by atoms with van der Waals surface area (Å²) in [6, 6.07) is 26.3. The third kappa shape index (κ3) is 3.89. The highest BCUT2D eigenvalue weighted by Crippen LogP contribution is 2.46. The molecule has 1 amide bonds. The van der Waals surface area contributed by atoms with Crippen LogP contribution < -0.4 is 14.8 Å². The molecule has 8 nitrogen and oxygen atoms in total. The summed E-state index contributed by atoms with van der Waals surface area (Å²) >= 11 is 0. The number of benzene rings is 4. The number of methoxy groups -OCH3 is 1. The highest BCUT2D eigenvalue weighted by Gasteiger charge is 2.34. The molecule has 176 valence electrons. The predicted molar refractivity (Wildman–Crippen MR) is 133 cm³/mol. The maximum absolute atomic E-state index is 13.2. The number of nitro groups is 1. The molecule has 1 unspecified atom stereocenters. The molecule has 0 fully saturated rings. The zero-order chi connectivity index (χ0) is 25.2. The number of ether oxygens (including phenoxy) is 2. The minimum absolute atomic E-state index is 0.0336. The summed E-state index contributed by atoms with van der Waals surface area (Å²) < 4.78 is 11.5. The molecular formula is C28H19N3O5. The monoisotopic (exact) mass is 477 g/mol. The number of nitrogens with one attached hydrogen (secondary N) is 1. The van der Waals surface area contributed by atoms with Gasteiger partial charge in [0.1, 0.15) is 23.1 Å². The Labute approximate surface area is 206 Å². The van der Waals surface area contributed by atoms with Crippen molar-refractivity contribution in [1.29, 1.82) is 5.26 Å². The molecule has 0 saturated heterocycles. The van der Waals surface area contributed by atoms with E-state index in [2.05, 4.69) is 11.4 Å². The number of fused-ring (bicyclic) bond motifs is 3. The van der Waals surface area contributed by atoms with Gasteiger partial charge >= 0.3 is 0 Å². The molecular weight excluding hydrogens is 458 g/mol. The van der Waals surface area contributed by atoms with Gasteiger partial charge in [0.2, 0.25) is 5.88 Å². The Morgan fingerprint density at radius 2 is 1.83 bits per heavy atom. The van der Waals surface area contributed by atoms with Crippen LogP contribution in [0.4, 0.5) is 5.69 Å². The number of nitrogens with zero attached hydrogens (tertiary/aromatic N) is 2. The van der Waals surface area contributed by atoms with Crippen molar-refractivity contribution in [2.24, 2.45) is 0 Å². The third-order valence-electron chi connectivity index (χ3n) is 6.07. The van der Waals surface area contributed by atoms with Gasteiger partial charge in [0.05, 0.1) is 23.5 Å². The normalized spacial score (nSPS) is 14.4. The molecule has 8 heteroatoms. The van der Waals surface area contributed by atoms with Crippen LogP contribution in [0.3, 0.4) is 0 Å².